The molecule has 220 valence electrons. The van der Waals surface area contributed by atoms with Crippen LogP contribution in [-0.2, 0) is 26.2 Å². The summed E-state index contributed by atoms with van der Waals surface area (Å²) in [6, 6.07) is 19.2. The van der Waals surface area contributed by atoms with Crippen LogP contribution in [0.4, 0.5) is 5.69 Å². The lowest BCUT2D eigenvalue weighted by molar-refractivity contribution is -0.139. The molecule has 0 aromatic heterocycles. The maximum atomic E-state index is 14.0. The van der Waals surface area contributed by atoms with Crippen LogP contribution in [0.5, 0.6) is 11.5 Å². The van der Waals surface area contributed by atoms with Gasteiger partial charge in [-0.2, -0.15) is 0 Å². The molecule has 0 radical (unpaired) electrons. The summed E-state index contributed by atoms with van der Waals surface area (Å²) in [5.74, 6) is 0.482. The van der Waals surface area contributed by atoms with Gasteiger partial charge in [0.15, 0.2) is 0 Å². The van der Waals surface area contributed by atoms with Crippen molar-refractivity contribution in [2.45, 2.75) is 45.2 Å². The van der Waals surface area contributed by atoms with Gasteiger partial charge in [0, 0.05) is 13.1 Å². The summed E-state index contributed by atoms with van der Waals surface area (Å²) in [7, 11) is -1.12. The fourth-order valence-electron chi connectivity index (χ4n) is 4.12. The van der Waals surface area contributed by atoms with E-state index in [1.807, 2.05) is 26.8 Å². The third kappa shape index (κ3) is 8.23. The fourth-order valence-corrected chi connectivity index (χ4v) is 5.53. The van der Waals surface area contributed by atoms with Crippen LogP contribution in [0, 0.1) is 12.8 Å². The molecular weight excluding hydrogens is 542 g/mol. The summed E-state index contributed by atoms with van der Waals surface area (Å²) in [6.45, 7) is 7.51. The SMILES string of the molecule is COc1ccc(S(=O)(=O)N(CC(=O)N(Cc2cccc(OC)c2)C(C)C(=O)NCC(C)C)c2ccc(C)cc2)cc1. The number of hydrogen-bond acceptors (Lipinski definition) is 6. The lowest BCUT2D eigenvalue weighted by Gasteiger charge is -2.32. The van der Waals surface area contributed by atoms with Gasteiger partial charge in [-0.3, -0.25) is 13.9 Å². The molecule has 1 unspecified atom stereocenters. The smallest absolute Gasteiger partial charge is 0.264 e. The van der Waals surface area contributed by atoms with Crippen molar-refractivity contribution >= 4 is 27.5 Å². The van der Waals surface area contributed by atoms with Gasteiger partial charge in [0.2, 0.25) is 11.8 Å². The molecule has 9 nitrogen and oxygen atoms in total. The highest BCUT2D eigenvalue weighted by atomic mass is 32.2. The molecule has 0 aliphatic rings. The number of amides is 2. The minimum absolute atomic E-state index is 0.00810. The normalized spacial score (nSPS) is 12.0. The molecule has 3 aromatic carbocycles. The minimum atomic E-state index is -4.16. The van der Waals surface area contributed by atoms with Gasteiger partial charge in [-0.05, 0) is 73.9 Å². The largest absolute Gasteiger partial charge is 0.497 e. The van der Waals surface area contributed by atoms with Crippen LogP contribution in [0.1, 0.15) is 31.9 Å². The van der Waals surface area contributed by atoms with Crippen molar-refractivity contribution in [1.82, 2.24) is 10.2 Å². The summed E-state index contributed by atoms with van der Waals surface area (Å²) >= 11 is 0. The molecule has 0 bridgehead atoms. The highest BCUT2D eigenvalue weighted by molar-refractivity contribution is 7.92. The van der Waals surface area contributed by atoms with Crippen LogP contribution in [-0.4, -0.2) is 58.5 Å². The van der Waals surface area contributed by atoms with Gasteiger partial charge in [-0.15, -0.1) is 0 Å². The topological polar surface area (TPSA) is 105 Å². The maximum absolute atomic E-state index is 14.0. The molecule has 0 aliphatic heterocycles. The van der Waals surface area contributed by atoms with E-state index in [0.717, 1.165) is 15.4 Å². The Morgan fingerprint density at radius 2 is 1.51 bits per heavy atom. The number of benzene rings is 3. The first-order chi connectivity index (χ1) is 19.5. The second-order valence-electron chi connectivity index (χ2n) is 10.2. The van der Waals surface area contributed by atoms with Crippen molar-refractivity contribution < 1.29 is 27.5 Å². The molecule has 3 aromatic rings. The standard InChI is InChI=1S/C31H39N3O6S/c1-22(2)19-32-31(36)24(4)33(20-25-8-7-9-28(18-25)40-6)30(35)21-34(26-12-10-23(3)11-13-26)41(37,38)29-16-14-27(39-5)15-17-29/h7-18,22,24H,19-21H2,1-6H3,(H,32,36). The number of sulfonamides is 1. The molecule has 1 atom stereocenters. The average molecular weight is 582 g/mol. The summed E-state index contributed by atoms with van der Waals surface area (Å²) in [6.07, 6.45) is 0. The number of ether oxygens (including phenoxy) is 2. The number of anilines is 1. The van der Waals surface area contributed by atoms with E-state index in [1.165, 1.54) is 24.1 Å². The number of nitrogens with zero attached hydrogens (tertiary/aromatic N) is 2. The molecule has 0 saturated heterocycles. The molecule has 1 N–H and O–H groups in total. The van der Waals surface area contributed by atoms with Crippen molar-refractivity contribution in [3.63, 3.8) is 0 Å². The van der Waals surface area contributed by atoms with Crippen LogP contribution >= 0.6 is 0 Å². The molecule has 41 heavy (non-hydrogen) atoms. The zero-order valence-electron chi connectivity index (χ0n) is 24.5. The number of nitrogens with one attached hydrogen (secondary N) is 1. The van der Waals surface area contributed by atoms with Crippen LogP contribution in [0.2, 0.25) is 0 Å². The van der Waals surface area contributed by atoms with Crippen molar-refractivity contribution in [1.29, 1.82) is 0 Å². The Bertz CT molecular complexity index is 1420. The molecule has 2 amide bonds. The molecular formula is C31H39N3O6S. The number of hydrogen-bond donors (Lipinski definition) is 1. The van der Waals surface area contributed by atoms with Crippen molar-refractivity contribution in [2.75, 3.05) is 31.6 Å². The molecule has 0 aliphatic carbocycles. The fraction of sp³-hybridized carbons (Fsp3) is 0.355. The van der Waals surface area contributed by atoms with E-state index in [9.17, 15) is 18.0 Å². The second kappa shape index (κ2) is 14.0. The first-order valence-corrected chi connectivity index (χ1v) is 14.8. The molecule has 0 spiro atoms. The second-order valence-corrected chi connectivity index (χ2v) is 12.1. The van der Waals surface area contributed by atoms with Gasteiger partial charge < -0.3 is 19.7 Å². The highest BCUT2D eigenvalue weighted by Crippen LogP contribution is 2.26. The van der Waals surface area contributed by atoms with Crippen LogP contribution in [0.15, 0.2) is 77.7 Å². The quantitative estimate of drug-likeness (QED) is 0.321. The zero-order chi connectivity index (χ0) is 30.2. The van der Waals surface area contributed by atoms with E-state index in [-0.39, 0.29) is 23.3 Å². The monoisotopic (exact) mass is 581 g/mol. The van der Waals surface area contributed by atoms with E-state index in [1.54, 1.807) is 68.6 Å². The van der Waals surface area contributed by atoms with Crippen molar-refractivity contribution in [2.24, 2.45) is 5.92 Å². The van der Waals surface area contributed by atoms with Gasteiger partial charge >= 0.3 is 0 Å². The Morgan fingerprint density at radius 3 is 2.10 bits per heavy atom. The predicted octanol–water partition coefficient (Wildman–Crippen LogP) is 4.40. The summed E-state index contributed by atoms with van der Waals surface area (Å²) in [4.78, 5) is 28.5. The van der Waals surface area contributed by atoms with Crippen LogP contribution in [0.3, 0.4) is 0 Å². The predicted molar refractivity (Wildman–Crippen MR) is 160 cm³/mol. The van der Waals surface area contributed by atoms with E-state index in [2.05, 4.69) is 5.32 Å². The lowest BCUT2D eigenvalue weighted by atomic mass is 10.1. The van der Waals surface area contributed by atoms with Gasteiger partial charge in [0.25, 0.3) is 10.0 Å². The van der Waals surface area contributed by atoms with Crippen LogP contribution in [0.25, 0.3) is 0 Å². The number of carbonyl (C=O) groups excluding carboxylic acids is 2. The Morgan fingerprint density at radius 1 is 0.878 bits per heavy atom. The number of rotatable bonds is 13. The van der Waals surface area contributed by atoms with Crippen molar-refractivity contribution in [3.8, 4) is 11.5 Å². The van der Waals surface area contributed by atoms with Gasteiger partial charge in [0.05, 0.1) is 24.8 Å². The third-order valence-electron chi connectivity index (χ3n) is 6.59. The molecule has 10 heteroatoms. The number of carbonyl (C=O) groups is 2. The van der Waals surface area contributed by atoms with E-state index >= 15 is 0 Å². The van der Waals surface area contributed by atoms with Gasteiger partial charge in [-0.1, -0.05) is 43.7 Å². The summed E-state index contributed by atoms with van der Waals surface area (Å²) in [5.41, 5.74) is 2.01. The van der Waals surface area contributed by atoms with Gasteiger partial charge in [-0.25, -0.2) is 8.42 Å². The Kier molecular flexibility index (Phi) is 10.8. The number of methoxy groups -OCH3 is 2. The lowest BCUT2D eigenvalue weighted by Crippen LogP contribution is -2.51. The molecule has 0 saturated carbocycles. The maximum Gasteiger partial charge on any atom is 0.264 e. The first-order valence-electron chi connectivity index (χ1n) is 13.4. The Hall–Kier alpha value is -4.05. The zero-order valence-corrected chi connectivity index (χ0v) is 25.3. The van der Waals surface area contributed by atoms with Crippen LogP contribution < -0.4 is 19.1 Å². The summed E-state index contributed by atoms with van der Waals surface area (Å²) < 4.78 is 39.4. The van der Waals surface area contributed by atoms with E-state index in [0.29, 0.717) is 23.7 Å². The molecule has 0 fully saturated rings. The first kappa shape index (κ1) is 31.5. The third-order valence-corrected chi connectivity index (χ3v) is 8.38. The molecule has 0 heterocycles. The Labute approximate surface area is 243 Å². The van der Waals surface area contributed by atoms with Crippen molar-refractivity contribution in [3.05, 3.63) is 83.9 Å². The van der Waals surface area contributed by atoms with E-state index < -0.39 is 28.5 Å². The van der Waals surface area contributed by atoms with Gasteiger partial charge in [0.1, 0.15) is 24.1 Å². The summed E-state index contributed by atoms with van der Waals surface area (Å²) in [5, 5.41) is 2.88. The van der Waals surface area contributed by atoms with E-state index in [4.69, 9.17) is 9.47 Å². The molecule has 3 rings (SSSR count). The Balaban J connectivity index is 2.02. The minimum Gasteiger partial charge on any atom is -0.497 e. The average Bonchev–Trinajstić information content (AvgIpc) is 2.97. The highest BCUT2D eigenvalue weighted by Gasteiger charge is 2.32. The number of aryl methyl sites for hydroxylation is 1.